The third-order valence-corrected chi connectivity index (χ3v) is 12.5. The van der Waals surface area contributed by atoms with E-state index >= 15 is 0 Å². The molecule has 0 bridgehead atoms. The van der Waals surface area contributed by atoms with Crippen molar-refractivity contribution >= 4 is 5.97 Å². The van der Waals surface area contributed by atoms with Gasteiger partial charge in [0, 0.05) is 17.4 Å². The maximum Gasteiger partial charge on any atom is 0.331 e. The molecule has 39 heavy (non-hydrogen) atoms. The zero-order chi connectivity index (χ0) is 27.7. The number of esters is 1. The molecule has 10 heteroatoms. The molecule has 4 saturated carbocycles. The van der Waals surface area contributed by atoms with Gasteiger partial charge in [-0.05, 0) is 74.7 Å². The molecule has 2 saturated heterocycles. The molecule has 3 aliphatic heterocycles. The van der Waals surface area contributed by atoms with E-state index in [-0.39, 0.29) is 48.0 Å². The van der Waals surface area contributed by atoms with Crippen LogP contribution in [0, 0.1) is 28.6 Å². The maximum atomic E-state index is 12.6. The van der Waals surface area contributed by atoms with Crippen LogP contribution in [0.25, 0.3) is 0 Å². The molecular weight excluding hydrogens is 508 g/mol. The minimum Gasteiger partial charge on any atom is -0.458 e. The molecule has 7 aliphatic rings. The molecule has 0 unspecified atom stereocenters. The Morgan fingerprint density at radius 1 is 1.00 bits per heavy atom. The summed E-state index contributed by atoms with van der Waals surface area (Å²) in [6.07, 6.45) is -0.273. The first-order chi connectivity index (χ1) is 18.4. The Bertz CT molecular complexity index is 1080. The summed E-state index contributed by atoms with van der Waals surface area (Å²) in [7, 11) is 0. The standard InChI is InChI=1S/C29H42O10/c1-13-22(32)23(33)24(34)25(37-13)38-16-4-6-26(2)15(9-16)10-20-29(39-20)18(26)11-19(30)27(3)17(5-7-28(27,29)35)14-8-21(31)36-12-14/h8,13,15-20,22-25,30,32-35H,4-7,9-12H2,1-3H3/t13-,15-,16+,17-,18-,19-,20+,22-,23+,24-,25-,26+,27+,28-,29-/m1/s1. The van der Waals surface area contributed by atoms with Gasteiger partial charge < -0.3 is 44.5 Å². The van der Waals surface area contributed by atoms with Crippen LogP contribution in [-0.4, -0.2) is 98.3 Å². The Hall–Kier alpha value is -1.11. The highest BCUT2D eigenvalue weighted by molar-refractivity contribution is 5.85. The lowest BCUT2D eigenvalue weighted by Crippen LogP contribution is -2.72. The Balaban J connectivity index is 1.12. The van der Waals surface area contributed by atoms with Crippen LogP contribution in [0.5, 0.6) is 0 Å². The number of hydrogen-bond acceptors (Lipinski definition) is 10. The van der Waals surface area contributed by atoms with Crippen LogP contribution in [0.4, 0.5) is 0 Å². The van der Waals surface area contributed by atoms with Crippen molar-refractivity contribution in [3.63, 3.8) is 0 Å². The smallest absolute Gasteiger partial charge is 0.331 e. The molecule has 10 nitrogen and oxygen atoms in total. The van der Waals surface area contributed by atoms with E-state index in [4.69, 9.17) is 18.9 Å². The van der Waals surface area contributed by atoms with Gasteiger partial charge in [-0.1, -0.05) is 13.8 Å². The average Bonchev–Trinajstić information content (AvgIpc) is 3.35. The van der Waals surface area contributed by atoms with Crippen LogP contribution < -0.4 is 0 Å². The number of carbonyl (C=O) groups is 1. The minimum absolute atomic E-state index is 0.0227. The van der Waals surface area contributed by atoms with E-state index in [1.54, 1.807) is 6.92 Å². The van der Waals surface area contributed by atoms with Crippen molar-refractivity contribution in [1.82, 2.24) is 0 Å². The fourth-order valence-corrected chi connectivity index (χ4v) is 10.2. The van der Waals surface area contributed by atoms with E-state index in [9.17, 15) is 30.3 Å². The van der Waals surface area contributed by atoms with Crippen molar-refractivity contribution in [2.24, 2.45) is 28.6 Å². The van der Waals surface area contributed by atoms with Crippen LogP contribution >= 0.6 is 0 Å². The van der Waals surface area contributed by atoms with Crippen molar-refractivity contribution in [3.8, 4) is 0 Å². The van der Waals surface area contributed by atoms with Crippen molar-refractivity contribution in [2.45, 2.75) is 126 Å². The molecule has 0 amide bonds. The predicted molar refractivity (Wildman–Crippen MR) is 134 cm³/mol. The molecule has 0 aromatic carbocycles. The first-order valence-electron chi connectivity index (χ1n) is 14.7. The molecule has 218 valence electrons. The molecule has 4 aliphatic carbocycles. The topological polar surface area (TPSA) is 158 Å². The lowest BCUT2D eigenvalue weighted by molar-refractivity contribution is -0.310. The van der Waals surface area contributed by atoms with Crippen LogP contribution in [0.15, 0.2) is 11.6 Å². The summed E-state index contributed by atoms with van der Waals surface area (Å²) >= 11 is 0. The second-order valence-electron chi connectivity index (χ2n) is 13.9. The highest BCUT2D eigenvalue weighted by atomic mass is 16.7. The number of cyclic esters (lactones) is 1. The Kier molecular flexibility index (Phi) is 5.82. The van der Waals surface area contributed by atoms with Crippen LogP contribution in [0.3, 0.4) is 0 Å². The van der Waals surface area contributed by atoms with E-state index in [1.165, 1.54) is 6.08 Å². The lowest BCUT2D eigenvalue weighted by atomic mass is 9.42. The molecule has 0 radical (unpaired) electrons. The van der Waals surface area contributed by atoms with Gasteiger partial charge in [0.15, 0.2) is 6.29 Å². The minimum atomic E-state index is -1.33. The Morgan fingerprint density at radius 3 is 2.49 bits per heavy atom. The number of carbonyl (C=O) groups excluding carboxylic acids is 1. The van der Waals surface area contributed by atoms with Crippen LogP contribution in [0.1, 0.15) is 65.7 Å². The van der Waals surface area contributed by atoms with Crippen molar-refractivity contribution in [3.05, 3.63) is 11.6 Å². The summed E-state index contributed by atoms with van der Waals surface area (Å²) in [5.74, 6) is -0.289. The number of epoxide rings is 1. The normalized spacial score (nSPS) is 59.9. The second-order valence-corrected chi connectivity index (χ2v) is 13.9. The van der Waals surface area contributed by atoms with Crippen LogP contribution in [0.2, 0.25) is 0 Å². The van der Waals surface area contributed by atoms with Crippen molar-refractivity contribution in [1.29, 1.82) is 0 Å². The zero-order valence-electron chi connectivity index (χ0n) is 22.9. The number of aliphatic hydroxyl groups excluding tert-OH is 4. The fraction of sp³-hybridized carbons (Fsp3) is 0.897. The monoisotopic (exact) mass is 550 g/mol. The lowest BCUT2D eigenvalue weighted by Gasteiger charge is -2.63. The first-order valence-corrected chi connectivity index (χ1v) is 14.7. The van der Waals surface area contributed by atoms with E-state index < -0.39 is 53.4 Å². The third kappa shape index (κ3) is 3.29. The van der Waals surface area contributed by atoms with Gasteiger partial charge in [0.1, 0.15) is 36.1 Å². The Morgan fingerprint density at radius 2 is 1.77 bits per heavy atom. The molecule has 0 aromatic heterocycles. The summed E-state index contributed by atoms with van der Waals surface area (Å²) in [5, 5.41) is 55.0. The molecular formula is C29H42O10. The summed E-state index contributed by atoms with van der Waals surface area (Å²) in [6, 6.07) is 0. The summed E-state index contributed by atoms with van der Waals surface area (Å²) in [6.45, 7) is 6.11. The largest absolute Gasteiger partial charge is 0.458 e. The van der Waals surface area contributed by atoms with Gasteiger partial charge in [-0.2, -0.15) is 0 Å². The second kappa shape index (κ2) is 8.47. The van der Waals surface area contributed by atoms with E-state index in [0.29, 0.717) is 25.7 Å². The quantitative estimate of drug-likeness (QED) is 0.191. The first kappa shape index (κ1) is 26.8. The number of ether oxygens (including phenoxy) is 4. The highest BCUT2D eigenvalue weighted by Gasteiger charge is 2.86. The number of rotatable bonds is 3. The van der Waals surface area contributed by atoms with Gasteiger partial charge in [0.25, 0.3) is 0 Å². The van der Waals surface area contributed by atoms with Gasteiger partial charge in [-0.15, -0.1) is 0 Å². The van der Waals surface area contributed by atoms with Gasteiger partial charge in [0.05, 0.1) is 24.4 Å². The molecule has 6 fully saturated rings. The summed E-state index contributed by atoms with van der Waals surface area (Å²) < 4.78 is 23.7. The van der Waals surface area contributed by atoms with Crippen molar-refractivity contribution in [2.75, 3.05) is 6.61 Å². The van der Waals surface area contributed by atoms with E-state index in [1.807, 2.05) is 6.92 Å². The zero-order valence-corrected chi connectivity index (χ0v) is 22.9. The SMILES string of the molecule is C[C@H]1O[C@H](O[C@H]2CC[C@@]3(C)[C@H](C2)C[C@@H]2O[C@]24[C@@H]3C[C@@H](O)[C@]2(C)[C@@H](C3=CC(=O)OC3)CC[C@@]24O)[C@H](O)[C@@H](O)[C@@H]1O. The third-order valence-electron chi connectivity index (χ3n) is 12.5. The molecule has 0 aromatic rings. The average molecular weight is 551 g/mol. The van der Waals surface area contributed by atoms with E-state index in [2.05, 4.69) is 6.92 Å². The highest BCUT2D eigenvalue weighted by Crippen LogP contribution is 2.77. The summed E-state index contributed by atoms with van der Waals surface area (Å²) in [5.41, 5.74) is -2.07. The maximum absolute atomic E-state index is 12.6. The predicted octanol–water partition coefficient (Wildman–Crippen LogP) is 0.558. The summed E-state index contributed by atoms with van der Waals surface area (Å²) in [4.78, 5) is 11.8. The van der Waals surface area contributed by atoms with Crippen molar-refractivity contribution < 1.29 is 49.3 Å². The van der Waals surface area contributed by atoms with Gasteiger partial charge >= 0.3 is 5.97 Å². The molecule has 15 atom stereocenters. The molecule has 7 rings (SSSR count). The van der Waals surface area contributed by atoms with Crippen LogP contribution in [-0.2, 0) is 23.7 Å². The number of aliphatic hydroxyl groups is 5. The number of hydrogen-bond donors (Lipinski definition) is 5. The molecule has 3 heterocycles. The van der Waals surface area contributed by atoms with E-state index in [0.717, 1.165) is 24.8 Å². The number of fused-ring (bicyclic) bond motifs is 3. The Labute approximate surface area is 228 Å². The van der Waals surface area contributed by atoms with Gasteiger partial charge in [-0.25, -0.2) is 4.79 Å². The fourth-order valence-electron chi connectivity index (χ4n) is 10.2. The van der Waals surface area contributed by atoms with Gasteiger partial charge in [0.2, 0.25) is 0 Å². The van der Waals surface area contributed by atoms with Gasteiger partial charge in [-0.3, -0.25) is 0 Å². The molecule has 1 spiro atoms. The molecule has 5 N–H and O–H groups in total.